The van der Waals surface area contributed by atoms with Crippen molar-refractivity contribution >= 4 is 29.3 Å². The first kappa shape index (κ1) is 14.0. The monoisotopic (exact) mass is 292 g/mol. The second kappa shape index (κ2) is 6.13. The third kappa shape index (κ3) is 3.75. The average Bonchev–Trinajstić information content (AvgIpc) is 2.41. The minimum Gasteiger partial charge on any atom is -0.481 e. The molecule has 0 saturated carbocycles. The molecule has 0 saturated heterocycles. The van der Waals surface area contributed by atoms with E-state index in [1.54, 1.807) is 18.7 Å². The van der Waals surface area contributed by atoms with Crippen molar-refractivity contribution in [3.63, 3.8) is 0 Å². The molecule has 0 aliphatic carbocycles. The summed E-state index contributed by atoms with van der Waals surface area (Å²) in [5, 5.41) is 9.67. The van der Waals surface area contributed by atoms with Gasteiger partial charge >= 0.3 is 5.97 Å². The van der Waals surface area contributed by atoms with E-state index < -0.39 is 11.9 Å². The van der Waals surface area contributed by atoms with Crippen LogP contribution in [0.3, 0.4) is 0 Å². The van der Waals surface area contributed by atoms with E-state index in [1.165, 1.54) is 0 Å². The van der Waals surface area contributed by atoms with Crippen LogP contribution in [0.2, 0.25) is 5.02 Å². The molecule has 0 spiro atoms. The molecular weight excluding hydrogens is 280 g/mol. The summed E-state index contributed by atoms with van der Waals surface area (Å²) in [5.41, 5.74) is 0.813. The maximum Gasteiger partial charge on any atom is 0.310 e. The van der Waals surface area contributed by atoms with Gasteiger partial charge in [-0.2, -0.15) is 0 Å². The third-order valence-electron chi connectivity index (χ3n) is 2.80. The van der Waals surface area contributed by atoms with Crippen LogP contribution in [-0.2, 0) is 4.79 Å². The molecule has 1 N–H and O–H groups in total. The lowest BCUT2D eigenvalue weighted by Crippen LogP contribution is -2.06. The van der Waals surface area contributed by atoms with Crippen LogP contribution in [0.25, 0.3) is 0 Å². The molecule has 0 fully saturated rings. The van der Waals surface area contributed by atoms with Crippen molar-refractivity contribution in [3.05, 3.63) is 59.1 Å². The molecule has 1 unspecified atom stereocenters. The molecule has 2 rings (SSSR count). The van der Waals surface area contributed by atoms with E-state index in [1.807, 2.05) is 48.5 Å². The summed E-state index contributed by atoms with van der Waals surface area (Å²) in [6, 6.07) is 15.2. The molecule has 0 amide bonds. The van der Waals surface area contributed by atoms with Crippen LogP contribution < -0.4 is 0 Å². The number of hydrogen-bond acceptors (Lipinski definition) is 2. The zero-order chi connectivity index (χ0) is 13.8. The van der Waals surface area contributed by atoms with Crippen molar-refractivity contribution in [1.82, 2.24) is 0 Å². The molecule has 2 nitrogen and oxygen atoms in total. The van der Waals surface area contributed by atoms with E-state index >= 15 is 0 Å². The van der Waals surface area contributed by atoms with Crippen LogP contribution in [0.4, 0.5) is 0 Å². The predicted octanol–water partition coefficient (Wildman–Crippen LogP) is 4.68. The fraction of sp³-hybridized carbons (Fsp3) is 0.133. The highest BCUT2D eigenvalue weighted by molar-refractivity contribution is 7.99. The van der Waals surface area contributed by atoms with Gasteiger partial charge in [-0.15, -0.1) is 0 Å². The summed E-state index contributed by atoms with van der Waals surface area (Å²) in [6.45, 7) is 1.68. The summed E-state index contributed by atoms with van der Waals surface area (Å²) in [6.07, 6.45) is 0. The van der Waals surface area contributed by atoms with E-state index in [0.29, 0.717) is 0 Å². The Morgan fingerprint density at radius 2 is 1.53 bits per heavy atom. The van der Waals surface area contributed by atoms with Crippen molar-refractivity contribution in [2.45, 2.75) is 22.6 Å². The number of hydrogen-bond donors (Lipinski definition) is 1. The Kier molecular flexibility index (Phi) is 4.51. The molecule has 2 aromatic carbocycles. The van der Waals surface area contributed by atoms with Crippen molar-refractivity contribution in [2.75, 3.05) is 0 Å². The second-order valence-corrected chi connectivity index (χ2v) is 5.77. The van der Waals surface area contributed by atoms with E-state index in [2.05, 4.69) is 0 Å². The molecular formula is C15H13ClO2S. The van der Waals surface area contributed by atoms with Gasteiger partial charge in [0.05, 0.1) is 5.92 Å². The Morgan fingerprint density at radius 3 is 2.00 bits per heavy atom. The minimum absolute atomic E-state index is 0.477. The molecule has 4 heteroatoms. The number of halogens is 1. The van der Waals surface area contributed by atoms with Crippen LogP contribution in [-0.4, -0.2) is 11.1 Å². The second-order valence-electron chi connectivity index (χ2n) is 4.18. The lowest BCUT2D eigenvalue weighted by Gasteiger charge is -2.07. The Labute approximate surface area is 121 Å². The van der Waals surface area contributed by atoms with Gasteiger partial charge in [0.2, 0.25) is 0 Å². The fourth-order valence-corrected chi connectivity index (χ4v) is 2.55. The Hall–Kier alpha value is -1.45. The van der Waals surface area contributed by atoms with Gasteiger partial charge in [-0.1, -0.05) is 35.5 Å². The number of benzene rings is 2. The zero-order valence-corrected chi connectivity index (χ0v) is 11.9. The van der Waals surface area contributed by atoms with Crippen molar-refractivity contribution in [2.24, 2.45) is 0 Å². The number of carbonyl (C=O) groups is 1. The summed E-state index contributed by atoms with van der Waals surface area (Å²) in [7, 11) is 0. The Bertz CT molecular complexity index is 564. The zero-order valence-electron chi connectivity index (χ0n) is 10.3. The van der Waals surface area contributed by atoms with Gasteiger partial charge in [-0.3, -0.25) is 4.79 Å². The van der Waals surface area contributed by atoms with Crippen LogP contribution in [0.15, 0.2) is 58.3 Å². The van der Waals surface area contributed by atoms with Crippen molar-refractivity contribution in [3.8, 4) is 0 Å². The molecule has 1 atom stereocenters. The molecule has 0 aliphatic heterocycles. The van der Waals surface area contributed by atoms with E-state index in [-0.39, 0.29) is 0 Å². The number of rotatable bonds is 4. The first-order valence-corrected chi connectivity index (χ1v) is 7.02. The first-order chi connectivity index (χ1) is 9.06. The SMILES string of the molecule is CC(C(=O)O)c1ccc(Sc2ccc(Cl)cc2)cc1. The maximum atomic E-state index is 10.9. The highest BCUT2D eigenvalue weighted by Crippen LogP contribution is 2.29. The fourth-order valence-electron chi connectivity index (χ4n) is 1.61. The lowest BCUT2D eigenvalue weighted by molar-refractivity contribution is -0.138. The summed E-state index contributed by atoms with van der Waals surface area (Å²) < 4.78 is 0. The van der Waals surface area contributed by atoms with Gasteiger partial charge < -0.3 is 5.11 Å². The molecule has 2 aromatic rings. The lowest BCUT2D eigenvalue weighted by atomic mass is 10.0. The normalized spacial score (nSPS) is 12.1. The molecule has 0 bridgehead atoms. The molecule has 0 radical (unpaired) electrons. The van der Waals surface area contributed by atoms with Gasteiger partial charge in [-0.05, 0) is 48.9 Å². The van der Waals surface area contributed by atoms with Crippen LogP contribution in [0.1, 0.15) is 18.4 Å². The van der Waals surface area contributed by atoms with Crippen molar-refractivity contribution in [1.29, 1.82) is 0 Å². The first-order valence-electron chi connectivity index (χ1n) is 5.82. The average molecular weight is 293 g/mol. The number of aliphatic carboxylic acids is 1. The van der Waals surface area contributed by atoms with Crippen LogP contribution in [0.5, 0.6) is 0 Å². The number of carboxylic acid groups (broad SMARTS) is 1. The van der Waals surface area contributed by atoms with Gasteiger partial charge in [0.25, 0.3) is 0 Å². The van der Waals surface area contributed by atoms with Gasteiger partial charge in [0.1, 0.15) is 0 Å². The third-order valence-corrected chi connectivity index (χ3v) is 4.07. The van der Waals surface area contributed by atoms with E-state index in [0.717, 1.165) is 20.4 Å². The van der Waals surface area contributed by atoms with Crippen LogP contribution >= 0.6 is 23.4 Å². The summed E-state index contributed by atoms with van der Waals surface area (Å²) in [4.78, 5) is 13.1. The van der Waals surface area contributed by atoms with Crippen LogP contribution in [0, 0.1) is 0 Å². The topological polar surface area (TPSA) is 37.3 Å². The van der Waals surface area contributed by atoms with Gasteiger partial charge in [0, 0.05) is 14.8 Å². The van der Waals surface area contributed by atoms with Crippen molar-refractivity contribution < 1.29 is 9.90 Å². The standard InChI is InChI=1S/C15H13ClO2S/c1-10(15(17)18)11-2-6-13(7-3-11)19-14-8-4-12(16)5-9-14/h2-10H,1H3,(H,17,18). The molecule has 19 heavy (non-hydrogen) atoms. The van der Waals surface area contributed by atoms with Gasteiger partial charge in [0.15, 0.2) is 0 Å². The molecule has 0 heterocycles. The van der Waals surface area contributed by atoms with E-state index in [4.69, 9.17) is 16.7 Å². The van der Waals surface area contributed by atoms with E-state index in [9.17, 15) is 4.79 Å². The predicted molar refractivity (Wildman–Crippen MR) is 78.1 cm³/mol. The highest BCUT2D eigenvalue weighted by Gasteiger charge is 2.12. The Balaban J connectivity index is 2.10. The largest absolute Gasteiger partial charge is 0.481 e. The summed E-state index contributed by atoms with van der Waals surface area (Å²) in [5.74, 6) is -1.28. The number of carboxylic acids is 1. The quantitative estimate of drug-likeness (QED) is 0.889. The highest BCUT2D eigenvalue weighted by atomic mass is 35.5. The molecule has 98 valence electrons. The smallest absolute Gasteiger partial charge is 0.310 e. The van der Waals surface area contributed by atoms with Gasteiger partial charge in [-0.25, -0.2) is 0 Å². The molecule has 0 aliphatic rings. The summed E-state index contributed by atoms with van der Waals surface area (Å²) >= 11 is 7.45. The minimum atomic E-state index is -0.807. The molecule has 0 aromatic heterocycles. The maximum absolute atomic E-state index is 10.9. The Morgan fingerprint density at radius 1 is 1.05 bits per heavy atom.